The first-order valence-corrected chi connectivity index (χ1v) is 15.1. The molecule has 42 heavy (non-hydrogen) atoms. The Morgan fingerprint density at radius 3 is 1.36 bits per heavy atom. The standard InChI is InChI=1S/C32H42N4O6/c1-3-19-41-25-13-9-23(10-14-25)35-29(37)21-27(31(35)39)33-17-7-5-6-8-18-34-28-22-30(38)36(32(28)40)24-11-15-26(16-12-24)42-20-4-2/h9-16,27-28,33-34H,3-8,17-22H2,1-2H3/t27-,28+. The summed E-state index contributed by atoms with van der Waals surface area (Å²) in [6.07, 6.45) is 5.75. The fourth-order valence-electron chi connectivity index (χ4n) is 5.10. The Labute approximate surface area is 247 Å². The van der Waals surface area contributed by atoms with Gasteiger partial charge in [-0.15, -0.1) is 0 Å². The van der Waals surface area contributed by atoms with Crippen molar-refractivity contribution in [1.82, 2.24) is 10.6 Å². The van der Waals surface area contributed by atoms with Crippen LogP contribution in [0.3, 0.4) is 0 Å². The smallest absolute Gasteiger partial charge is 0.251 e. The van der Waals surface area contributed by atoms with Crippen LogP contribution >= 0.6 is 0 Å². The van der Waals surface area contributed by atoms with Gasteiger partial charge in [0, 0.05) is 0 Å². The zero-order valence-electron chi connectivity index (χ0n) is 24.6. The van der Waals surface area contributed by atoms with Crippen LogP contribution in [0, 0.1) is 0 Å². The first-order valence-electron chi connectivity index (χ1n) is 15.1. The summed E-state index contributed by atoms with van der Waals surface area (Å²) in [4.78, 5) is 53.3. The number of nitrogens with zero attached hydrogens (tertiary/aromatic N) is 2. The number of imide groups is 2. The van der Waals surface area contributed by atoms with Crippen molar-refractivity contribution in [2.75, 3.05) is 36.1 Å². The third-order valence-electron chi connectivity index (χ3n) is 7.31. The largest absolute Gasteiger partial charge is 0.494 e. The number of anilines is 2. The molecule has 226 valence electrons. The van der Waals surface area contributed by atoms with Crippen molar-refractivity contribution < 1.29 is 28.7 Å². The maximum Gasteiger partial charge on any atom is 0.251 e. The van der Waals surface area contributed by atoms with E-state index in [-0.39, 0.29) is 36.5 Å². The van der Waals surface area contributed by atoms with Gasteiger partial charge in [-0.05, 0) is 87.3 Å². The molecule has 2 atom stereocenters. The lowest BCUT2D eigenvalue weighted by atomic mass is 10.1. The molecule has 4 rings (SSSR count). The van der Waals surface area contributed by atoms with Crippen LogP contribution in [0.5, 0.6) is 11.5 Å². The van der Waals surface area contributed by atoms with E-state index < -0.39 is 12.1 Å². The molecule has 0 unspecified atom stereocenters. The molecule has 2 N–H and O–H groups in total. The first kappa shape index (κ1) is 31.2. The Kier molecular flexibility index (Phi) is 11.5. The molecule has 0 aromatic heterocycles. The third-order valence-corrected chi connectivity index (χ3v) is 7.31. The summed E-state index contributed by atoms with van der Waals surface area (Å²) < 4.78 is 11.2. The van der Waals surface area contributed by atoms with Crippen LogP contribution in [0.1, 0.15) is 65.2 Å². The normalized spacial score (nSPS) is 18.8. The van der Waals surface area contributed by atoms with Crippen molar-refractivity contribution in [3.05, 3.63) is 48.5 Å². The molecule has 2 aromatic carbocycles. The Morgan fingerprint density at radius 2 is 1.00 bits per heavy atom. The molecule has 2 aliphatic rings. The minimum absolute atomic E-state index is 0.152. The van der Waals surface area contributed by atoms with E-state index in [1.165, 1.54) is 9.80 Å². The third kappa shape index (κ3) is 7.95. The second-order valence-corrected chi connectivity index (χ2v) is 10.7. The number of unbranched alkanes of at least 4 members (excludes halogenated alkanes) is 3. The van der Waals surface area contributed by atoms with Gasteiger partial charge in [0.2, 0.25) is 11.8 Å². The van der Waals surface area contributed by atoms with Gasteiger partial charge in [-0.25, -0.2) is 9.80 Å². The van der Waals surface area contributed by atoms with Crippen molar-refractivity contribution in [2.24, 2.45) is 0 Å². The molecular weight excluding hydrogens is 536 g/mol. The molecule has 2 heterocycles. The molecule has 2 aromatic rings. The predicted molar refractivity (Wildman–Crippen MR) is 161 cm³/mol. The molecule has 0 spiro atoms. The van der Waals surface area contributed by atoms with E-state index in [1.807, 2.05) is 13.8 Å². The second-order valence-electron chi connectivity index (χ2n) is 10.7. The number of rotatable bonds is 17. The summed E-state index contributed by atoms with van der Waals surface area (Å²) in [7, 11) is 0. The Bertz CT molecular complexity index is 1120. The summed E-state index contributed by atoms with van der Waals surface area (Å²) in [5.74, 6) is 0.571. The lowest BCUT2D eigenvalue weighted by molar-refractivity contribution is -0.123. The van der Waals surface area contributed by atoms with Gasteiger partial charge in [0.1, 0.15) is 11.5 Å². The lowest BCUT2D eigenvalue weighted by Crippen LogP contribution is -2.39. The number of benzene rings is 2. The highest BCUT2D eigenvalue weighted by atomic mass is 16.5. The molecule has 10 nitrogen and oxygen atoms in total. The van der Waals surface area contributed by atoms with Crippen LogP contribution in [-0.4, -0.2) is 62.0 Å². The van der Waals surface area contributed by atoms with Gasteiger partial charge >= 0.3 is 0 Å². The molecule has 2 fully saturated rings. The quantitative estimate of drug-likeness (QED) is 0.214. The highest BCUT2D eigenvalue weighted by Crippen LogP contribution is 2.27. The average Bonchev–Trinajstić information content (AvgIpc) is 3.44. The molecule has 2 aliphatic heterocycles. The highest BCUT2D eigenvalue weighted by Gasteiger charge is 2.40. The predicted octanol–water partition coefficient (Wildman–Crippen LogP) is 3.97. The van der Waals surface area contributed by atoms with Crippen molar-refractivity contribution in [3.63, 3.8) is 0 Å². The molecule has 0 radical (unpaired) electrons. The average molecular weight is 579 g/mol. The molecule has 4 amide bonds. The fraction of sp³-hybridized carbons (Fsp3) is 0.500. The summed E-state index contributed by atoms with van der Waals surface area (Å²) in [5, 5.41) is 6.47. The van der Waals surface area contributed by atoms with Crippen LogP contribution in [-0.2, 0) is 19.2 Å². The van der Waals surface area contributed by atoms with Crippen LogP contribution in [0.15, 0.2) is 48.5 Å². The lowest BCUT2D eigenvalue weighted by Gasteiger charge is -2.16. The van der Waals surface area contributed by atoms with E-state index >= 15 is 0 Å². The monoisotopic (exact) mass is 578 g/mol. The van der Waals surface area contributed by atoms with Gasteiger partial charge < -0.3 is 20.1 Å². The van der Waals surface area contributed by atoms with E-state index in [0.29, 0.717) is 49.2 Å². The van der Waals surface area contributed by atoms with Crippen molar-refractivity contribution in [3.8, 4) is 11.5 Å². The number of nitrogens with one attached hydrogen (secondary N) is 2. The summed E-state index contributed by atoms with van der Waals surface area (Å²) >= 11 is 0. The van der Waals surface area contributed by atoms with Crippen LogP contribution < -0.4 is 29.9 Å². The SMILES string of the molecule is CCCOc1ccc(N2C(=O)C[C@H](NCCCCCCN[C@@H]3CC(=O)N(c4ccc(OCCC)cc4)C3=O)C2=O)cc1. The summed E-state index contributed by atoms with van der Waals surface area (Å²) in [5.41, 5.74) is 1.12. The molecule has 0 bridgehead atoms. The van der Waals surface area contributed by atoms with Crippen molar-refractivity contribution in [2.45, 2.75) is 77.3 Å². The highest BCUT2D eigenvalue weighted by molar-refractivity contribution is 6.23. The van der Waals surface area contributed by atoms with Crippen LogP contribution in [0.2, 0.25) is 0 Å². The van der Waals surface area contributed by atoms with E-state index in [1.54, 1.807) is 48.5 Å². The second kappa shape index (κ2) is 15.5. The van der Waals surface area contributed by atoms with Gasteiger partial charge in [-0.1, -0.05) is 26.7 Å². The first-order chi connectivity index (χ1) is 20.4. The van der Waals surface area contributed by atoms with E-state index in [9.17, 15) is 19.2 Å². The van der Waals surface area contributed by atoms with Gasteiger partial charge in [0.15, 0.2) is 0 Å². The molecule has 0 aliphatic carbocycles. The van der Waals surface area contributed by atoms with Gasteiger partial charge in [0.05, 0.1) is 49.5 Å². The maximum atomic E-state index is 12.9. The summed E-state index contributed by atoms with van der Waals surface area (Å²) in [6, 6.07) is 13.1. The number of amides is 4. The number of carbonyl (C=O) groups is 4. The van der Waals surface area contributed by atoms with Crippen LogP contribution in [0.4, 0.5) is 11.4 Å². The zero-order chi connectivity index (χ0) is 29.9. The Balaban J connectivity index is 1.11. The van der Waals surface area contributed by atoms with E-state index in [0.717, 1.165) is 38.5 Å². The number of ether oxygens (including phenoxy) is 2. The van der Waals surface area contributed by atoms with E-state index in [2.05, 4.69) is 10.6 Å². The fourth-order valence-corrected chi connectivity index (χ4v) is 5.10. The molecule has 10 heteroatoms. The number of hydrogen-bond donors (Lipinski definition) is 2. The minimum Gasteiger partial charge on any atom is -0.494 e. The van der Waals surface area contributed by atoms with Gasteiger partial charge in [-0.3, -0.25) is 19.2 Å². The molecular formula is C32H42N4O6. The number of carbonyl (C=O) groups excluding carboxylic acids is 4. The van der Waals surface area contributed by atoms with Gasteiger partial charge in [0.25, 0.3) is 11.8 Å². The zero-order valence-corrected chi connectivity index (χ0v) is 24.6. The Morgan fingerprint density at radius 1 is 0.619 bits per heavy atom. The molecule has 2 saturated heterocycles. The van der Waals surface area contributed by atoms with Crippen molar-refractivity contribution >= 4 is 35.0 Å². The van der Waals surface area contributed by atoms with E-state index in [4.69, 9.17) is 9.47 Å². The topological polar surface area (TPSA) is 117 Å². The summed E-state index contributed by atoms with van der Waals surface area (Å²) in [6.45, 7) is 6.58. The molecule has 0 saturated carbocycles. The minimum atomic E-state index is -0.510. The van der Waals surface area contributed by atoms with Gasteiger partial charge in [-0.2, -0.15) is 0 Å². The van der Waals surface area contributed by atoms with Crippen LogP contribution in [0.25, 0.3) is 0 Å². The Hall–Kier alpha value is -3.76. The van der Waals surface area contributed by atoms with Crippen molar-refractivity contribution in [1.29, 1.82) is 0 Å². The number of hydrogen-bond acceptors (Lipinski definition) is 8. The maximum absolute atomic E-state index is 12.9.